The number of hydrogen-bond donors (Lipinski definition) is 0. The van der Waals surface area contributed by atoms with Crippen LogP contribution in [0.3, 0.4) is 0 Å². The molecule has 9 aromatic rings. The SMILES string of the molecule is c1ccc(-c2ccc(N(c3ccccc3)c3ccc4ccc5cc6oc7ccccc7c6cc5c4c3)c(-c3ccccc3)c2)cc1. The van der Waals surface area contributed by atoms with Gasteiger partial charge in [-0.3, -0.25) is 0 Å². The topological polar surface area (TPSA) is 16.4 Å². The van der Waals surface area contributed by atoms with E-state index in [9.17, 15) is 0 Å². The molecule has 0 fully saturated rings. The van der Waals surface area contributed by atoms with E-state index in [4.69, 9.17) is 4.42 Å². The van der Waals surface area contributed by atoms with Gasteiger partial charge in [0.25, 0.3) is 0 Å². The predicted octanol–water partition coefficient (Wildman–Crippen LogP) is 12.7. The van der Waals surface area contributed by atoms with Crippen LogP contribution >= 0.6 is 0 Å². The molecule has 0 aliphatic heterocycles. The molecule has 0 unspecified atom stereocenters. The maximum absolute atomic E-state index is 6.24. The van der Waals surface area contributed by atoms with E-state index in [2.05, 4.69) is 169 Å². The van der Waals surface area contributed by atoms with E-state index in [0.29, 0.717) is 0 Å². The molecule has 2 heteroatoms. The van der Waals surface area contributed by atoms with Crippen molar-refractivity contribution in [2.24, 2.45) is 0 Å². The van der Waals surface area contributed by atoms with Crippen molar-refractivity contribution in [2.75, 3.05) is 4.90 Å². The summed E-state index contributed by atoms with van der Waals surface area (Å²) in [7, 11) is 0. The smallest absolute Gasteiger partial charge is 0.136 e. The van der Waals surface area contributed by atoms with Crippen molar-refractivity contribution in [3.8, 4) is 22.3 Å². The van der Waals surface area contributed by atoms with E-state index >= 15 is 0 Å². The lowest BCUT2D eigenvalue weighted by molar-refractivity contribution is 0.669. The standard InChI is InChI=1S/C44H29NO/c1-4-12-30(13-5-1)33-23-25-42(40(26-33)31-14-6-2-7-15-31)45(35-16-8-3-9-17-35)36-24-22-32-20-21-34-27-44-41(29-39(34)38(32)28-36)37-18-10-11-19-43(37)46-44/h1-29H. The highest BCUT2D eigenvalue weighted by molar-refractivity contribution is 6.17. The van der Waals surface area contributed by atoms with Gasteiger partial charge in [0.05, 0.1) is 5.69 Å². The Morgan fingerprint density at radius 3 is 1.80 bits per heavy atom. The van der Waals surface area contributed by atoms with Crippen LogP contribution in [0.5, 0.6) is 0 Å². The molecule has 0 amide bonds. The van der Waals surface area contributed by atoms with Crippen LogP contribution in [0.1, 0.15) is 0 Å². The minimum absolute atomic E-state index is 0.917. The number of furan rings is 1. The molecule has 0 radical (unpaired) electrons. The van der Waals surface area contributed by atoms with Crippen LogP contribution < -0.4 is 4.90 Å². The van der Waals surface area contributed by atoms with Crippen LogP contribution in [0.2, 0.25) is 0 Å². The van der Waals surface area contributed by atoms with Gasteiger partial charge in [0.15, 0.2) is 0 Å². The summed E-state index contributed by atoms with van der Waals surface area (Å²) in [6, 6.07) is 62.9. The van der Waals surface area contributed by atoms with E-state index in [1.165, 1.54) is 43.8 Å². The van der Waals surface area contributed by atoms with E-state index in [-0.39, 0.29) is 0 Å². The Hall–Kier alpha value is -6.12. The molecule has 1 heterocycles. The lowest BCUT2D eigenvalue weighted by atomic mass is 9.95. The van der Waals surface area contributed by atoms with Gasteiger partial charge in [0.1, 0.15) is 11.2 Å². The molecule has 0 saturated carbocycles. The summed E-state index contributed by atoms with van der Waals surface area (Å²) in [5.41, 5.74) is 9.92. The average molecular weight is 588 g/mol. The van der Waals surface area contributed by atoms with Crippen LogP contribution in [0.4, 0.5) is 17.1 Å². The molecule has 8 aromatic carbocycles. The molecular formula is C44H29NO. The molecule has 1 aromatic heterocycles. The van der Waals surface area contributed by atoms with Crippen molar-refractivity contribution in [1.29, 1.82) is 0 Å². The average Bonchev–Trinajstić information content (AvgIpc) is 3.49. The van der Waals surface area contributed by atoms with E-state index in [1.54, 1.807) is 0 Å². The Labute approximate surface area is 267 Å². The highest BCUT2D eigenvalue weighted by Gasteiger charge is 2.19. The number of hydrogen-bond acceptors (Lipinski definition) is 2. The molecular weight excluding hydrogens is 558 g/mol. The van der Waals surface area contributed by atoms with Gasteiger partial charge in [-0.2, -0.15) is 0 Å². The molecule has 0 bridgehead atoms. The lowest BCUT2D eigenvalue weighted by Crippen LogP contribution is -2.11. The van der Waals surface area contributed by atoms with Crippen LogP contribution in [-0.2, 0) is 0 Å². The van der Waals surface area contributed by atoms with Gasteiger partial charge < -0.3 is 9.32 Å². The maximum atomic E-state index is 6.24. The van der Waals surface area contributed by atoms with Gasteiger partial charge in [-0.25, -0.2) is 0 Å². The Morgan fingerprint density at radius 2 is 1.00 bits per heavy atom. The lowest BCUT2D eigenvalue weighted by Gasteiger charge is -2.28. The molecule has 2 nitrogen and oxygen atoms in total. The molecule has 0 atom stereocenters. The van der Waals surface area contributed by atoms with Crippen LogP contribution in [0.25, 0.3) is 65.7 Å². The van der Waals surface area contributed by atoms with Crippen molar-refractivity contribution in [1.82, 2.24) is 0 Å². The first kappa shape index (κ1) is 26.3. The van der Waals surface area contributed by atoms with Gasteiger partial charge in [-0.1, -0.05) is 121 Å². The molecule has 216 valence electrons. The summed E-state index contributed by atoms with van der Waals surface area (Å²) in [6.45, 7) is 0. The first-order valence-corrected chi connectivity index (χ1v) is 15.7. The van der Waals surface area contributed by atoms with E-state index in [0.717, 1.165) is 39.0 Å². The first-order chi connectivity index (χ1) is 22.8. The Kier molecular flexibility index (Phi) is 6.17. The maximum Gasteiger partial charge on any atom is 0.136 e. The van der Waals surface area contributed by atoms with Crippen LogP contribution in [0.15, 0.2) is 180 Å². The number of fused-ring (bicyclic) bond motifs is 6. The van der Waals surface area contributed by atoms with Crippen molar-refractivity contribution in [3.05, 3.63) is 176 Å². The molecule has 46 heavy (non-hydrogen) atoms. The third kappa shape index (κ3) is 4.43. The highest BCUT2D eigenvalue weighted by Crippen LogP contribution is 2.44. The quantitative estimate of drug-likeness (QED) is 0.186. The highest BCUT2D eigenvalue weighted by atomic mass is 16.3. The summed E-state index contributed by atoms with van der Waals surface area (Å²) < 4.78 is 6.24. The van der Waals surface area contributed by atoms with Crippen molar-refractivity contribution in [3.63, 3.8) is 0 Å². The second-order valence-electron chi connectivity index (χ2n) is 11.8. The van der Waals surface area contributed by atoms with Gasteiger partial charge in [0, 0.05) is 27.7 Å². The van der Waals surface area contributed by atoms with Crippen molar-refractivity contribution >= 4 is 60.5 Å². The fourth-order valence-corrected chi connectivity index (χ4v) is 6.79. The first-order valence-electron chi connectivity index (χ1n) is 15.7. The zero-order chi connectivity index (χ0) is 30.5. The fourth-order valence-electron chi connectivity index (χ4n) is 6.79. The molecule has 0 saturated heterocycles. The second kappa shape index (κ2) is 10.8. The third-order valence-electron chi connectivity index (χ3n) is 9.02. The Morgan fingerprint density at radius 1 is 0.348 bits per heavy atom. The normalized spacial score (nSPS) is 11.5. The van der Waals surface area contributed by atoms with E-state index in [1.807, 2.05) is 12.1 Å². The number of anilines is 3. The minimum Gasteiger partial charge on any atom is -0.456 e. The summed E-state index contributed by atoms with van der Waals surface area (Å²) in [5.74, 6) is 0. The minimum atomic E-state index is 0.917. The zero-order valence-electron chi connectivity index (χ0n) is 25.1. The summed E-state index contributed by atoms with van der Waals surface area (Å²) in [4.78, 5) is 2.39. The number of para-hydroxylation sites is 2. The second-order valence-corrected chi connectivity index (χ2v) is 11.8. The third-order valence-corrected chi connectivity index (χ3v) is 9.02. The predicted molar refractivity (Wildman–Crippen MR) is 194 cm³/mol. The fraction of sp³-hybridized carbons (Fsp3) is 0. The van der Waals surface area contributed by atoms with Crippen molar-refractivity contribution in [2.45, 2.75) is 0 Å². The van der Waals surface area contributed by atoms with Crippen LogP contribution in [0, 0.1) is 0 Å². The summed E-state index contributed by atoms with van der Waals surface area (Å²) in [5, 5.41) is 7.09. The van der Waals surface area contributed by atoms with Crippen molar-refractivity contribution < 1.29 is 4.42 Å². The Balaban J connectivity index is 1.30. The zero-order valence-corrected chi connectivity index (χ0v) is 25.1. The van der Waals surface area contributed by atoms with Crippen LogP contribution in [-0.4, -0.2) is 0 Å². The van der Waals surface area contributed by atoms with Gasteiger partial charge in [-0.05, 0) is 92.8 Å². The number of nitrogens with zero attached hydrogens (tertiary/aromatic N) is 1. The van der Waals surface area contributed by atoms with Gasteiger partial charge in [0.2, 0.25) is 0 Å². The van der Waals surface area contributed by atoms with Gasteiger partial charge >= 0.3 is 0 Å². The Bertz CT molecular complexity index is 2510. The molecule has 0 spiro atoms. The molecule has 9 rings (SSSR count). The number of benzene rings is 8. The summed E-state index contributed by atoms with van der Waals surface area (Å²) >= 11 is 0. The van der Waals surface area contributed by atoms with Gasteiger partial charge in [-0.15, -0.1) is 0 Å². The summed E-state index contributed by atoms with van der Waals surface area (Å²) in [6.07, 6.45) is 0. The molecule has 0 aliphatic rings. The largest absolute Gasteiger partial charge is 0.456 e. The monoisotopic (exact) mass is 587 g/mol. The number of rotatable bonds is 5. The molecule has 0 N–H and O–H groups in total. The van der Waals surface area contributed by atoms with E-state index < -0.39 is 0 Å². The molecule has 0 aliphatic carbocycles.